The lowest BCUT2D eigenvalue weighted by molar-refractivity contribution is -0.129. The van der Waals surface area contributed by atoms with Crippen molar-refractivity contribution in [1.82, 2.24) is 10.2 Å². The summed E-state index contributed by atoms with van der Waals surface area (Å²) in [4.78, 5) is 14.0. The van der Waals surface area contributed by atoms with Crippen molar-refractivity contribution in [3.8, 4) is 11.5 Å². The summed E-state index contributed by atoms with van der Waals surface area (Å²) in [5, 5.41) is 4.11. The standard InChI is InChI=1S/C18H25ClN2O3/c1-12(2)10-21-14(3-4-18(21)22)5-6-20-9-13-7-16-17(8-15(13)19)24-11-23-16/h7-8,12,14,20H,3-6,9-11H2,1-2H3/t14-/m1/s1. The van der Waals surface area contributed by atoms with Gasteiger partial charge in [0.2, 0.25) is 12.7 Å². The quantitative estimate of drug-likeness (QED) is 0.766. The van der Waals surface area contributed by atoms with Crippen LogP contribution >= 0.6 is 11.6 Å². The number of nitrogens with one attached hydrogen (secondary N) is 1. The number of ether oxygens (including phenoxy) is 2. The third-order valence-electron chi connectivity index (χ3n) is 4.53. The molecule has 5 nitrogen and oxygen atoms in total. The Morgan fingerprint density at radius 3 is 2.83 bits per heavy atom. The second-order valence-electron chi connectivity index (χ2n) is 6.89. The minimum absolute atomic E-state index is 0.254. The number of rotatable bonds is 7. The summed E-state index contributed by atoms with van der Waals surface area (Å²) in [7, 11) is 0. The summed E-state index contributed by atoms with van der Waals surface area (Å²) in [6, 6.07) is 4.10. The number of benzene rings is 1. The van der Waals surface area contributed by atoms with Gasteiger partial charge in [-0.3, -0.25) is 4.79 Å². The average molecular weight is 353 g/mol. The fourth-order valence-electron chi connectivity index (χ4n) is 3.32. The summed E-state index contributed by atoms with van der Waals surface area (Å²) in [5.41, 5.74) is 1.00. The van der Waals surface area contributed by atoms with Crippen LogP contribution in [0.1, 0.15) is 38.7 Å². The average Bonchev–Trinajstić information content (AvgIpc) is 3.11. The first-order valence-corrected chi connectivity index (χ1v) is 9.00. The Hall–Kier alpha value is -1.46. The van der Waals surface area contributed by atoms with Crippen molar-refractivity contribution >= 4 is 17.5 Å². The molecule has 2 heterocycles. The van der Waals surface area contributed by atoms with Crippen LogP contribution in [-0.2, 0) is 11.3 Å². The number of nitrogens with zero attached hydrogens (tertiary/aromatic N) is 1. The largest absolute Gasteiger partial charge is 0.454 e. The van der Waals surface area contributed by atoms with Crippen molar-refractivity contribution in [2.45, 2.75) is 45.7 Å². The monoisotopic (exact) mass is 352 g/mol. The predicted molar refractivity (Wildman–Crippen MR) is 93.5 cm³/mol. The lowest BCUT2D eigenvalue weighted by Gasteiger charge is -2.26. The molecule has 24 heavy (non-hydrogen) atoms. The van der Waals surface area contributed by atoms with E-state index in [-0.39, 0.29) is 6.79 Å². The number of carbonyl (C=O) groups is 1. The predicted octanol–water partition coefficient (Wildman–Crippen LogP) is 3.20. The molecule has 2 aliphatic heterocycles. The minimum Gasteiger partial charge on any atom is -0.454 e. The first-order valence-electron chi connectivity index (χ1n) is 8.63. The summed E-state index contributed by atoms with van der Waals surface area (Å²) in [6.45, 7) is 6.96. The van der Waals surface area contributed by atoms with Crippen molar-refractivity contribution < 1.29 is 14.3 Å². The molecule has 1 N–H and O–H groups in total. The van der Waals surface area contributed by atoms with Gasteiger partial charge in [0.25, 0.3) is 0 Å². The summed E-state index contributed by atoms with van der Waals surface area (Å²) in [5.74, 6) is 2.26. The Morgan fingerprint density at radius 1 is 1.33 bits per heavy atom. The van der Waals surface area contributed by atoms with E-state index >= 15 is 0 Å². The van der Waals surface area contributed by atoms with E-state index in [1.165, 1.54) is 0 Å². The Bertz CT molecular complexity index is 606. The Kier molecular flexibility index (Phi) is 5.51. The minimum atomic E-state index is 0.254. The Balaban J connectivity index is 1.48. The SMILES string of the molecule is CC(C)CN1C(=O)CC[C@@H]1CCNCc1cc2c(cc1Cl)OCO2. The van der Waals surface area contributed by atoms with Crippen molar-refractivity contribution in [2.24, 2.45) is 5.92 Å². The van der Waals surface area contributed by atoms with Gasteiger partial charge in [0, 0.05) is 36.6 Å². The first kappa shape index (κ1) is 17.4. The Labute approximate surface area is 148 Å². The van der Waals surface area contributed by atoms with Crippen LogP contribution in [0.2, 0.25) is 5.02 Å². The molecule has 6 heteroatoms. The van der Waals surface area contributed by atoms with Crippen LogP contribution < -0.4 is 14.8 Å². The van der Waals surface area contributed by atoms with E-state index in [0.29, 0.717) is 41.6 Å². The molecule has 1 saturated heterocycles. The number of hydrogen-bond acceptors (Lipinski definition) is 4. The van der Waals surface area contributed by atoms with E-state index in [0.717, 1.165) is 37.2 Å². The van der Waals surface area contributed by atoms with Crippen LogP contribution in [0.15, 0.2) is 12.1 Å². The molecule has 1 aromatic carbocycles. The van der Waals surface area contributed by atoms with Gasteiger partial charge in [0.05, 0.1) is 0 Å². The van der Waals surface area contributed by atoms with Crippen LogP contribution in [0.5, 0.6) is 11.5 Å². The van der Waals surface area contributed by atoms with E-state index < -0.39 is 0 Å². The van der Waals surface area contributed by atoms with Crippen molar-refractivity contribution in [3.05, 3.63) is 22.7 Å². The van der Waals surface area contributed by atoms with Crippen molar-refractivity contribution in [2.75, 3.05) is 19.9 Å². The van der Waals surface area contributed by atoms with Gasteiger partial charge in [-0.2, -0.15) is 0 Å². The van der Waals surface area contributed by atoms with Gasteiger partial charge in [-0.15, -0.1) is 0 Å². The van der Waals surface area contributed by atoms with Gasteiger partial charge in [-0.25, -0.2) is 0 Å². The second-order valence-corrected chi connectivity index (χ2v) is 7.30. The zero-order valence-corrected chi connectivity index (χ0v) is 15.1. The van der Waals surface area contributed by atoms with Crippen molar-refractivity contribution in [1.29, 1.82) is 0 Å². The number of hydrogen-bond donors (Lipinski definition) is 1. The summed E-state index contributed by atoms with van der Waals surface area (Å²) in [6.07, 6.45) is 2.63. The molecule has 0 aliphatic carbocycles. The molecule has 3 rings (SSSR count). The van der Waals surface area contributed by atoms with E-state index in [4.69, 9.17) is 21.1 Å². The molecule has 0 spiro atoms. The van der Waals surface area contributed by atoms with Crippen LogP contribution in [0.25, 0.3) is 0 Å². The summed E-state index contributed by atoms with van der Waals surface area (Å²) < 4.78 is 10.7. The lowest BCUT2D eigenvalue weighted by atomic mass is 10.1. The van der Waals surface area contributed by atoms with Crippen LogP contribution in [-0.4, -0.2) is 36.7 Å². The van der Waals surface area contributed by atoms with Gasteiger partial charge in [-0.05, 0) is 36.9 Å². The van der Waals surface area contributed by atoms with Gasteiger partial charge < -0.3 is 19.7 Å². The van der Waals surface area contributed by atoms with Crippen LogP contribution in [0.4, 0.5) is 0 Å². The van der Waals surface area contributed by atoms with Gasteiger partial charge >= 0.3 is 0 Å². The molecule has 0 saturated carbocycles. The molecule has 0 bridgehead atoms. The molecule has 1 amide bonds. The van der Waals surface area contributed by atoms with E-state index in [1.807, 2.05) is 6.07 Å². The molecule has 1 aromatic rings. The third kappa shape index (κ3) is 3.95. The maximum absolute atomic E-state index is 12.0. The molecule has 0 aromatic heterocycles. The zero-order chi connectivity index (χ0) is 17.1. The lowest BCUT2D eigenvalue weighted by Crippen LogP contribution is -2.37. The van der Waals surface area contributed by atoms with Gasteiger partial charge in [-0.1, -0.05) is 25.4 Å². The fraction of sp³-hybridized carbons (Fsp3) is 0.611. The highest BCUT2D eigenvalue weighted by Crippen LogP contribution is 2.36. The maximum Gasteiger partial charge on any atom is 0.231 e. The van der Waals surface area contributed by atoms with Crippen LogP contribution in [0, 0.1) is 5.92 Å². The topological polar surface area (TPSA) is 50.8 Å². The van der Waals surface area contributed by atoms with Gasteiger partial charge in [0.15, 0.2) is 11.5 Å². The molecule has 2 aliphatic rings. The number of halogens is 1. The number of carbonyl (C=O) groups excluding carboxylic acids is 1. The molecular weight excluding hydrogens is 328 g/mol. The second kappa shape index (κ2) is 7.62. The molecule has 0 radical (unpaired) electrons. The van der Waals surface area contributed by atoms with E-state index in [2.05, 4.69) is 24.1 Å². The zero-order valence-electron chi connectivity index (χ0n) is 14.3. The molecular formula is C18H25ClN2O3. The molecule has 1 atom stereocenters. The smallest absolute Gasteiger partial charge is 0.231 e. The van der Waals surface area contributed by atoms with Crippen molar-refractivity contribution in [3.63, 3.8) is 0 Å². The summed E-state index contributed by atoms with van der Waals surface area (Å²) >= 11 is 6.29. The fourth-order valence-corrected chi connectivity index (χ4v) is 3.54. The first-order chi connectivity index (χ1) is 11.5. The van der Waals surface area contributed by atoms with E-state index in [9.17, 15) is 4.79 Å². The number of fused-ring (bicyclic) bond motifs is 1. The Morgan fingerprint density at radius 2 is 2.08 bits per heavy atom. The van der Waals surface area contributed by atoms with Gasteiger partial charge in [0.1, 0.15) is 0 Å². The normalized spacial score (nSPS) is 19.6. The highest BCUT2D eigenvalue weighted by atomic mass is 35.5. The number of likely N-dealkylation sites (tertiary alicyclic amines) is 1. The third-order valence-corrected chi connectivity index (χ3v) is 4.88. The molecule has 0 unspecified atom stereocenters. The van der Waals surface area contributed by atoms with E-state index in [1.54, 1.807) is 6.07 Å². The molecule has 1 fully saturated rings. The maximum atomic E-state index is 12.0. The highest BCUT2D eigenvalue weighted by Gasteiger charge is 2.30. The number of amides is 1. The highest BCUT2D eigenvalue weighted by molar-refractivity contribution is 6.31. The molecule has 132 valence electrons. The van der Waals surface area contributed by atoms with Crippen LogP contribution in [0.3, 0.4) is 0 Å².